The summed E-state index contributed by atoms with van der Waals surface area (Å²) < 4.78 is 1.95. The third-order valence-electron chi connectivity index (χ3n) is 4.50. The van der Waals surface area contributed by atoms with Crippen molar-refractivity contribution in [3.05, 3.63) is 41.6 Å². The van der Waals surface area contributed by atoms with E-state index < -0.39 is 0 Å². The molecule has 0 saturated heterocycles. The third kappa shape index (κ3) is 2.21. The van der Waals surface area contributed by atoms with Gasteiger partial charge >= 0.3 is 0 Å². The summed E-state index contributed by atoms with van der Waals surface area (Å²) >= 11 is 0. The summed E-state index contributed by atoms with van der Waals surface area (Å²) in [6.07, 6.45) is 1.13. The van der Waals surface area contributed by atoms with Gasteiger partial charge in [0.25, 0.3) is 0 Å². The minimum atomic E-state index is 0.166. The van der Waals surface area contributed by atoms with Gasteiger partial charge in [0, 0.05) is 24.5 Å². The molecule has 0 amide bonds. The molecule has 3 heteroatoms. The van der Waals surface area contributed by atoms with E-state index in [1.165, 1.54) is 16.8 Å². The molecule has 0 bridgehead atoms. The van der Waals surface area contributed by atoms with E-state index in [4.69, 9.17) is 5.26 Å². The predicted molar refractivity (Wildman–Crippen MR) is 86.3 cm³/mol. The van der Waals surface area contributed by atoms with E-state index >= 15 is 0 Å². The van der Waals surface area contributed by atoms with Gasteiger partial charge in [0.2, 0.25) is 0 Å². The normalized spacial score (nSPS) is 19.5. The minimum absolute atomic E-state index is 0.166. The SMILES string of the molecule is CC1CC(C)(C)c2cc(-c3ccc(C#N)n3C)ccc2N1. The van der Waals surface area contributed by atoms with Crippen molar-refractivity contribution in [2.45, 2.75) is 38.6 Å². The molecule has 1 aromatic carbocycles. The smallest absolute Gasteiger partial charge is 0.120 e. The van der Waals surface area contributed by atoms with E-state index in [-0.39, 0.29) is 5.41 Å². The molecular formula is C18H21N3. The Kier molecular flexibility index (Phi) is 3.06. The summed E-state index contributed by atoms with van der Waals surface area (Å²) in [4.78, 5) is 0. The van der Waals surface area contributed by atoms with Gasteiger partial charge in [-0.1, -0.05) is 19.9 Å². The number of aromatic nitrogens is 1. The topological polar surface area (TPSA) is 40.8 Å². The maximum atomic E-state index is 9.10. The largest absolute Gasteiger partial charge is 0.382 e. The Labute approximate surface area is 126 Å². The molecular weight excluding hydrogens is 258 g/mol. The van der Waals surface area contributed by atoms with Crippen LogP contribution in [0.5, 0.6) is 0 Å². The Bertz CT molecular complexity index is 731. The van der Waals surface area contributed by atoms with E-state index in [0.29, 0.717) is 11.7 Å². The molecule has 1 aliphatic heterocycles. The second-order valence-electron chi connectivity index (χ2n) is 6.67. The molecule has 3 rings (SSSR count). The van der Waals surface area contributed by atoms with Gasteiger partial charge in [-0.15, -0.1) is 0 Å². The zero-order chi connectivity index (χ0) is 15.2. The maximum Gasteiger partial charge on any atom is 0.120 e. The molecule has 0 spiro atoms. The van der Waals surface area contributed by atoms with Crippen LogP contribution in [0.3, 0.4) is 0 Å². The van der Waals surface area contributed by atoms with Crippen LogP contribution >= 0.6 is 0 Å². The van der Waals surface area contributed by atoms with Crippen molar-refractivity contribution in [3.63, 3.8) is 0 Å². The number of hydrogen-bond donors (Lipinski definition) is 1. The Morgan fingerprint density at radius 3 is 2.71 bits per heavy atom. The van der Waals surface area contributed by atoms with Crippen LogP contribution in [0.2, 0.25) is 0 Å². The number of rotatable bonds is 1. The molecule has 108 valence electrons. The summed E-state index contributed by atoms with van der Waals surface area (Å²) in [5.41, 5.74) is 5.70. The molecule has 3 nitrogen and oxygen atoms in total. The molecule has 0 fully saturated rings. The average Bonchev–Trinajstić information content (AvgIpc) is 2.78. The standard InChI is InChI=1S/C18H21N3/c1-12-10-18(2,3)15-9-13(5-7-16(15)20-12)17-8-6-14(11-19)21(17)4/h5-9,12,20H,10H2,1-4H3. The average molecular weight is 279 g/mol. The molecule has 1 unspecified atom stereocenters. The lowest BCUT2D eigenvalue weighted by Gasteiger charge is -2.37. The fourth-order valence-electron chi connectivity index (χ4n) is 3.49. The Morgan fingerprint density at radius 1 is 1.29 bits per heavy atom. The van der Waals surface area contributed by atoms with E-state index in [1.54, 1.807) is 0 Å². The lowest BCUT2D eigenvalue weighted by molar-refractivity contribution is 0.434. The highest BCUT2D eigenvalue weighted by atomic mass is 15.0. The first-order valence-corrected chi connectivity index (χ1v) is 7.39. The van der Waals surface area contributed by atoms with Crippen LogP contribution in [0.1, 0.15) is 38.4 Å². The number of nitriles is 1. The second kappa shape index (κ2) is 4.66. The number of benzene rings is 1. The van der Waals surface area contributed by atoms with Crippen LogP contribution in [0.4, 0.5) is 5.69 Å². The number of nitrogens with one attached hydrogen (secondary N) is 1. The van der Waals surface area contributed by atoms with Crippen molar-refractivity contribution in [3.8, 4) is 17.3 Å². The molecule has 0 radical (unpaired) electrons. The number of fused-ring (bicyclic) bond motifs is 1. The highest BCUT2D eigenvalue weighted by Gasteiger charge is 2.31. The first-order valence-electron chi connectivity index (χ1n) is 7.39. The molecule has 1 aromatic heterocycles. The van der Waals surface area contributed by atoms with Crippen molar-refractivity contribution >= 4 is 5.69 Å². The molecule has 1 atom stereocenters. The van der Waals surface area contributed by atoms with Gasteiger partial charge in [-0.3, -0.25) is 0 Å². The fourth-order valence-corrected chi connectivity index (χ4v) is 3.49. The van der Waals surface area contributed by atoms with Crippen LogP contribution in [0, 0.1) is 11.3 Å². The molecule has 1 N–H and O–H groups in total. The van der Waals surface area contributed by atoms with Gasteiger partial charge in [-0.25, -0.2) is 0 Å². The van der Waals surface area contributed by atoms with E-state index in [1.807, 2.05) is 23.7 Å². The zero-order valence-electron chi connectivity index (χ0n) is 13.1. The maximum absolute atomic E-state index is 9.10. The van der Waals surface area contributed by atoms with Crippen molar-refractivity contribution < 1.29 is 0 Å². The van der Waals surface area contributed by atoms with Gasteiger partial charge in [0.05, 0.1) is 0 Å². The van der Waals surface area contributed by atoms with Crippen molar-refractivity contribution in [1.29, 1.82) is 5.26 Å². The van der Waals surface area contributed by atoms with Gasteiger partial charge < -0.3 is 9.88 Å². The summed E-state index contributed by atoms with van der Waals surface area (Å²) in [5.74, 6) is 0. The molecule has 2 aromatic rings. The van der Waals surface area contributed by atoms with Crippen LogP contribution < -0.4 is 5.32 Å². The van der Waals surface area contributed by atoms with Crippen LogP contribution in [-0.4, -0.2) is 10.6 Å². The quantitative estimate of drug-likeness (QED) is 0.855. The lowest BCUT2D eigenvalue weighted by atomic mass is 9.75. The Morgan fingerprint density at radius 2 is 2.05 bits per heavy atom. The fraction of sp³-hybridized carbons (Fsp3) is 0.389. The summed E-state index contributed by atoms with van der Waals surface area (Å²) in [6.45, 7) is 6.84. The van der Waals surface area contributed by atoms with Gasteiger partial charge in [-0.05, 0) is 54.2 Å². The van der Waals surface area contributed by atoms with Gasteiger partial charge in [0.15, 0.2) is 0 Å². The first kappa shape index (κ1) is 13.8. The predicted octanol–water partition coefficient (Wildman–Crippen LogP) is 4.05. The zero-order valence-corrected chi connectivity index (χ0v) is 13.1. The molecule has 1 aliphatic rings. The van der Waals surface area contributed by atoms with Crippen molar-refractivity contribution in [1.82, 2.24) is 4.57 Å². The molecule has 21 heavy (non-hydrogen) atoms. The minimum Gasteiger partial charge on any atom is -0.382 e. The summed E-state index contributed by atoms with van der Waals surface area (Å²) in [5, 5.41) is 12.7. The summed E-state index contributed by atoms with van der Waals surface area (Å²) in [6, 6.07) is 13.2. The Balaban J connectivity index is 2.11. The lowest BCUT2D eigenvalue weighted by Crippen LogP contribution is -2.34. The monoisotopic (exact) mass is 279 g/mol. The molecule has 0 aliphatic carbocycles. The second-order valence-corrected chi connectivity index (χ2v) is 6.67. The van der Waals surface area contributed by atoms with Crippen molar-refractivity contribution in [2.75, 3.05) is 5.32 Å². The van der Waals surface area contributed by atoms with E-state index in [2.05, 4.69) is 50.4 Å². The highest BCUT2D eigenvalue weighted by Crippen LogP contribution is 2.40. The number of hydrogen-bond acceptors (Lipinski definition) is 2. The summed E-state index contributed by atoms with van der Waals surface area (Å²) in [7, 11) is 1.94. The van der Waals surface area contributed by atoms with Gasteiger partial charge in [-0.2, -0.15) is 5.26 Å². The number of nitrogens with zero attached hydrogens (tertiary/aromatic N) is 2. The van der Waals surface area contributed by atoms with Crippen LogP contribution in [0.15, 0.2) is 30.3 Å². The molecule has 0 saturated carbocycles. The highest BCUT2D eigenvalue weighted by molar-refractivity contribution is 5.69. The third-order valence-corrected chi connectivity index (χ3v) is 4.50. The van der Waals surface area contributed by atoms with Crippen LogP contribution in [0.25, 0.3) is 11.3 Å². The number of anilines is 1. The van der Waals surface area contributed by atoms with E-state index in [0.717, 1.165) is 12.1 Å². The Hall–Kier alpha value is -2.21. The van der Waals surface area contributed by atoms with Crippen LogP contribution in [-0.2, 0) is 12.5 Å². The van der Waals surface area contributed by atoms with Gasteiger partial charge in [0.1, 0.15) is 11.8 Å². The first-order chi connectivity index (χ1) is 9.92. The molecule has 2 heterocycles. The van der Waals surface area contributed by atoms with Crippen molar-refractivity contribution in [2.24, 2.45) is 7.05 Å². The van der Waals surface area contributed by atoms with E-state index in [9.17, 15) is 0 Å².